The number of rotatable bonds is 4. The van der Waals surface area contributed by atoms with Crippen LogP contribution in [0.2, 0.25) is 0 Å². The monoisotopic (exact) mass is 660 g/mol. The predicted molar refractivity (Wildman–Crippen MR) is 221 cm³/mol. The summed E-state index contributed by atoms with van der Waals surface area (Å²) in [6.45, 7) is 0. The van der Waals surface area contributed by atoms with Gasteiger partial charge in [-0.3, -0.25) is 0 Å². The molecule has 0 fully saturated rings. The summed E-state index contributed by atoms with van der Waals surface area (Å²) in [6, 6.07) is 71.0. The van der Waals surface area contributed by atoms with E-state index in [1.807, 2.05) is 0 Å². The van der Waals surface area contributed by atoms with Gasteiger partial charge in [0, 0.05) is 32.9 Å². The summed E-state index contributed by atoms with van der Waals surface area (Å²) >= 11 is 0. The maximum absolute atomic E-state index is 2.43. The Kier molecular flexibility index (Phi) is 6.28. The molecule has 0 aliphatic heterocycles. The lowest BCUT2D eigenvalue weighted by atomic mass is 9.99. The molecule has 2 nitrogen and oxygen atoms in total. The minimum atomic E-state index is 1.16. The van der Waals surface area contributed by atoms with Gasteiger partial charge in [0.1, 0.15) is 0 Å². The van der Waals surface area contributed by atoms with Crippen LogP contribution in [-0.2, 0) is 0 Å². The molecule has 242 valence electrons. The highest BCUT2D eigenvalue weighted by molar-refractivity contribution is 6.22. The van der Waals surface area contributed by atoms with E-state index in [9.17, 15) is 0 Å². The topological polar surface area (TPSA) is 9.86 Å². The molecule has 0 amide bonds. The van der Waals surface area contributed by atoms with E-state index in [-0.39, 0.29) is 0 Å². The summed E-state index contributed by atoms with van der Waals surface area (Å²) in [6.07, 6.45) is 0. The lowest BCUT2D eigenvalue weighted by molar-refractivity contribution is 1.18. The number of hydrogen-bond acceptors (Lipinski definition) is 0. The van der Waals surface area contributed by atoms with Crippen molar-refractivity contribution in [3.05, 3.63) is 194 Å². The summed E-state index contributed by atoms with van der Waals surface area (Å²) in [5, 5.41) is 10.1. The highest BCUT2D eigenvalue weighted by Gasteiger charge is 2.18. The standard InChI is InChI=1S/C50H32N2/c1-2-10-33(11-3-1)35-18-24-40(25-19-35)51-48-28-23-39(32-45(48)50-42-15-7-6-13-36(42)21-29-49(50)51)38-22-27-47-44(31-38)43-16-8-9-17-46(43)52(47)41-26-20-34-12-4-5-14-37(34)30-41/h1-32H. The minimum absolute atomic E-state index is 1.16. The van der Waals surface area contributed by atoms with E-state index in [4.69, 9.17) is 0 Å². The van der Waals surface area contributed by atoms with Crippen molar-refractivity contribution in [1.82, 2.24) is 9.13 Å². The molecule has 0 bridgehead atoms. The van der Waals surface area contributed by atoms with E-state index in [0.29, 0.717) is 0 Å². The van der Waals surface area contributed by atoms with Gasteiger partial charge in [-0.2, -0.15) is 0 Å². The third kappa shape index (κ3) is 4.38. The van der Waals surface area contributed by atoms with Crippen molar-refractivity contribution in [2.75, 3.05) is 0 Å². The second-order valence-electron chi connectivity index (χ2n) is 13.8. The molecule has 11 aromatic rings. The van der Waals surface area contributed by atoms with Gasteiger partial charge in [-0.15, -0.1) is 0 Å². The summed E-state index contributed by atoms with van der Waals surface area (Å²) in [5.74, 6) is 0. The van der Waals surface area contributed by atoms with Crippen LogP contribution in [0.4, 0.5) is 0 Å². The Morgan fingerprint density at radius 3 is 1.58 bits per heavy atom. The van der Waals surface area contributed by atoms with Crippen LogP contribution in [0, 0.1) is 0 Å². The van der Waals surface area contributed by atoms with Crippen molar-refractivity contribution in [3.63, 3.8) is 0 Å². The van der Waals surface area contributed by atoms with Crippen LogP contribution in [0.5, 0.6) is 0 Å². The lowest BCUT2D eigenvalue weighted by Crippen LogP contribution is -1.94. The average Bonchev–Trinajstić information content (AvgIpc) is 3.73. The zero-order valence-electron chi connectivity index (χ0n) is 28.4. The van der Waals surface area contributed by atoms with Gasteiger partial charge < -0.3 is 9.13 Å². The Labute approximate surface area is 301 Å². The van der Waals surface area contributed by atoms with Gasteiger partial charge in [-0.25, -0.2) is 0 Å². The number of fused-ring (bicyclic) bond motifs is 9. The predicted octanol–water partition coefficient (Wildman–Crippen LogP) is 13.5. The van der Waals surface area contributed by atoms with Crippen molar-refractivity contribution in [3.8, 4) is 33.6 Å². The first kappa shape index (κ1) is 28.9. The van der Waals surface area contributed by atoms with E-state index >= 15 is 0 Å². The molecule has 0 atom stereocenters. The van der Waals surface area contributed by atoms with Crippen LogP contribution < -0.4 is 0 Å². The second-order valence-corrected chi connectivity index (χ2v) is 13.8. The van der Waals surface area contributed by atoms with Crippen molar-refractivity contribution in [1.29, 1.82) is 0 Å². The van der Waals surface area contributed by atoms with Gasteiger partial charge in [0.2, 0.25) is 0 Å². The van der Waals surface area contributed by atoms with E-state index in [1.54, 1.807) is 0 Å². The fourth-order valence-corrected chi connectivity index (χ4v) is 8.43. The highest BCUT2D eigenvalue weighted by Crippen LogP contribution is 2.41. The van der Waals surface area contributed by atoms with Crippen LogP contribution in [-0.4, -0.2) is 9.13 Å². The first-order valence-electron chi connectivity index (χ1n) is 17.9. The van der Waals surface area contributed by atoms with Crippen LogP contribution in [0.15, 0.2) is 194 Å². The summed E-state index contributed by atoms with van der Waals surface area (Å²) in [5.41, 5.74) is 12.0. The number of nitrogens with zero attached hydrogens (tertiary/aromatic N) is 2. The first-order chi connectivity index (χ1) is 25.8. The smallest absolute Gasteiger partial charge is 0.0547 e. The molecule has 0 spiro atoms. The van der Waals surface area contributed by atoms with Crippen LogP contribution >= 0.6 is 0 Å². The second kappa shape index (κ2) is 11.3. The zero-order chi connectivity index (χ0) is 34.2. The molecule has 0 unspecified atom stereocenters. The van der Waals surface area contributed by atoms with Crippen LogP contribution in [0.1, 0.15) is 0 Å². The summed E-state index contributed by atoms with van der Waals surface area (Å²) < 4.78 is 4.84. The molecule has 0 aliphatic rings. The SMILES string of the molecule is c1ccc(-c2ccc(-n3c4ccc(-c5ccc6c(c5)c5ccccc5n6-c5ccc6ccccc6c5)cc4c4c5ccccc5ccc43)cc2)cc1. The van der Waals surface area contributed by atoms with Crippen LogP contribution in [0.3, 0.4) is 0 Å². The van der Waals surface area contributed by atoms with E-state index in [1.165, 1.54) is 93.1 Å². The van der Waals surface area contributed by atoms with Crippen molar-refractivity contribution >= 4 is 65.2 Å². The molecule has 2 heterocycles. The Morgan fingerprint density at radius 2 is 0.769 bits per heavy atom. The van der Waals surface area contributed by atoms with E-state index in [2.05, 4.69) is 203 Å². The van der Waals surface area contributed by atoms with Crippen LogP contribution in [0.25, 0.3) is 98.8 Å². The fourth-order valence-electron chi connectivity index (χ4n) is 8.43. The van der Waals surface area contributed by atoms with Gasteiger partial charge in [0.25, 0.3) is 0 Å². The third-order valence-electron chi connectivity index (χ3n) is 10.9. The van der Waals surface area contributed by atoms with Gasteiger partial charge in [0.15, 0.2) is 0 Å². The van der Waals surface area contributed by atoms with Crippen molar-refractivity contribution in [2.24, 2.45) is 0 Å². The van der Waals surface area contributed by atoms with Gasteiger partial charge in [-0.1, -0.05) is 133 Å². The number of benzene rings is 9. The molecule has 0 aliphatic carbocycles. The van der Waals surface area contributed by atoms with E-state index < -0.39 is 0 Å². The number of para-hydroxylation sites is 1. The highest BCUT2D eigenvalue weighted by atomic mass is 15.0. The number of aromatic nitrogens is 2. The number of hydrogen-bond donors (Lipinski definition) is 0. The minimum Gasteiger partial charge on any atom is -0.309 e. The first-order valence-corrected chi connectivity index (χ1v) is 17.9. The summed E-state index contributed by atoms with van der Waals surface area (Å²) in [4.78, 5) is 0. The van der Waals surface area contributed by atoms with Crippen molar-refractivity contribution in [2.45, 2.75) is 0 Å². The maximum atomic E-state index is 2.43. The molecular formula is C50H32N2. The Balaban J connectivity index is 1.11. The molecule has 0 N–H and O–H groups in total. The maximum Gasteiger partial charge on any atom is 0.0547 e. The largest absolute Gasteiger partial charge is 0.309 e. The zero-order valence-corrected chi connectivity index (χ0v) is 28.4. The third-order valence-corrected chi connectivity index (χ3v) is 10.9. The van der Waals surface area contributed by atoms with Gasteiger partial charge in [-0.05, 0) is 104 Å². The van der Waals surface area contributed by atoms with Crippen molar-refractivity contribution < 1.29 is 0 Å². The molecule has 52 heavy (non-hydrogen) atoms. The fraction of sp³-hybridized carbons (Fsp3) is 0. The quantitative estimate of drug-likeness (QED) is 0.178. The normalized spacial score (nSPS) is 11.8. The molecule has 2 aromatic heterocycles. The molecule has 0 saturated heterocycles. The summed E-state index contributed by atoms with van der Waals surface area (Å²) in [7, 11) is 0. The Morgan fingerprint density at radius 1 is 0.250 bits per heavy atom. The molecular weight excluding hydrogens is 629 g/mol. The average molecular weight is 661 g/mol. The molecule has 9 aromatic carbocycles. The molecule has 0 radical (unpaired) electrons. The Hall–Kier alpha value is -6.90. The van der Waals surface area contributed by atoms with Gasteiger partial charge in [0.05, 0.1) is 22.1 Å². The molecule has 0 saturated carbocycles. The molecule has 11 rings (SSSR count). The Bertz CT molecular complexity index is 3160. The molecule has 2 heteroatoms. The van der Waals surface area contributed by atoms with E-state index in [0.717, 1.165) is 5.69 Å². The van der Waals surface area contributed by atoms with Gasteiger partial charge >= 0.3 is 0 Å². The lowest BCUT2D eigenvalue weighted by Gasteiger charge is -2.11.